The fourth-order valence-corrected chi connectivity index (χ4v) is 6.89. The Bertz CT molecular complexity index is 1690. The maximum Gasteiger partial charge on any atom is 0.332 e. The first-order chi connectivity index (χ1) is 25.4. The van der Waals surface area contributed by atoms with E-state index in [1.54, 1.807) is 17.0 Å². The lowest BCUT2D eigenvalue weighted by molar-refractivity contribution is -0.154. The summed E-state index contributed by atoms with van der Waals surface area (Å²) in [5.74, 6) is -0.571. The first-order valence-corrected chi connectivity index (χ1v) is 19.7. The Morgan fingerprint density at radius 3 is 1.70 bits per heavy atom. The van der Waals surface area contributed by atoms with E-state index in [1.165, 1.54) is 18.6 Å². The Morgan fingerprint density at radius 1 is 0.736 bits per heavy atom. The van der Waals surface area contributed by atoms with Gasteiger partial charge in [0, 0.05) is 13.1 Å². The number of nitrogens with two attached hydrogens (primary N) is 1. The Kier molecular flexibility index (Phi) is 15.8. The highest BCUT2D eigenvalue weighted by atomic mass is 32.2. The lowest BCUT2D eigenvalue weighted by Crippen LogP contribution is -2.60. The van der Waals surface area contributed by atoms with E-state index in [9.17, 15) is 22.8 Å². The van der Waals surface area contributed by atoms with Gasteiger partial charge in [-0.25, -0.2) is 9.59 Å². The number of hydrogen-bond donors (Lipinski definition) is 3. The van der Waals surface area contributed by atoms with Crippen molar-refractivity contribution in [1.82, 2.24) is 10.2 Å². The van der Waals surface area contributed by atoms with Crippen LogP contribution in [0.2, 0.25) is 0 Å². The number of amides is 2. The van der Waals surface area contributed by atoms with E-state index in [2.05, 4.69) is 5.32 Å². The normalized spacial score (nSPS) is 17.8. The van der Waals surface area contributed by atoms with Gasteiger partial charge in [0.15, 0.2) is 0 Å². The van der Waals surface area contributed by atoms with Crippen LogP contribution in [0.3, 0.4) is 0 Å². The highest BCUT2D eigenvalue weighted by Crippen LogP contribution is 2.30. The Morgan fingerprint density at radius 2 is 1.21 bits per heavy atom. The largest absolute Gasteiger partial charge is 0.459 e. The Balaban J connectivity index is 0.000000193. The van der Waals surface area contributed by atoms with Crippen molar-refractivity contribution in [1.29, 1.82) is 0 Å². The Labute approximate surface area is 313 Å². The molecule has 2 saturated carbocycles. The second kappa shape index (κ2) is 20.2. The molecule has 53 heavy (non-hydrogen) atoms. The van der Waals surface area contributed by atoms with Gasteiger partial charge in [-0.15, -0.1) is 0 Å². The summed E-state index contributed by atoms with van der Waals surface area (Å²) in [4.78, 5) is 39.0. The maximum absolute atomic E-state index is 12.8. The molecular weight excluding hydrogens is 699 g/mol. The summed E-state index contributed by atoms with van der Waals surface area (Å²) in [7, 11) is -4.02. The number of benzene rings is 3. The van der Waals surface area contributed by atoms with Crippen LogP contribution in [0.5, 0.6) is 0 Å². The molecule has 0 atom stereocenters. The maximum atomic E-state index is 12.8. The highest BCUT2D eigenvalue weighted by Gasteiger charge is 2.43. The smallest absolute Gasteiger partial charge is 0.332 e. The highest BCUT2D eigenvalue weighted by molar-refractivity contribution is 7.85. The summed E-state index contributed by atoms with van der Waals surface area (Å²) in [5, 5.41) is 3.00. The zero-order valence-electron chi connectivity index (χ0n) is 30.5. The molecule has 2 aliphatic carbocycles. The van der Waals surface area contributed by atoms with Crippen LogP contribution in [-0.4, -0.2) is 73.2 Å². The molecule has 0 radical (unpaired) electrons. The molecule has 3 aliphatic rings. The van der Waals surface area contributed by atoms with Crippen molar-refractivity contribution in [2.24, 2.45) is 5.73 Å². The van der Waals surface area contributed by atoms with Crippen LogP contribution in [0.15, 0.2) is 89.8 Å². The number of carbonyl (C=O) groups is 3. The van der Waals surface area contributed by atoms with Gasteiger partial charge in [-0.3, -0.25) is 9.35 Å². The molecule has 1 heterocycles. The number of urea groups is 1. The van der Waals surface area contributed by atoms with E-state index in [-0.39, 0.29) is 29.5 Å². The van der Waals surface area contributed by atoms with E-state index in [1.807, 2.05) is 67.6 Å². The Hall–Kier alpha value is -4.30. The minimum absolute atomic E-state index is 0.0666. The summed E-state index contributed by atoms with van der Waals surface area (Å²) >= 11 is 0. The molecule has 0 bridgehead atoms. The van der Waals surface area contributed by atoms with Crippen molar-refractivity contribution in [3.63, 3.8) is 0 Å². The van der Waals surface area contributed by atoms with Gasteiger partial charge >= 0.3 is 18.0 Å². The van der Waals surface area contributed by atoms with Crippen LogP contribution in [0.25, 0.3) is 0 Å². The van der Waals surface area contributed by atoms with Crippen LogP contribution in [0, 0.1) is 6.92 Å². The molecule has 6 rings (SSSR count). The number of aryl methyl sites for hydroxylation is 1. The third-order valence-electron chi connectivity index (χ3n) is 9.64. The predicted molar refractivity (Wildman–Crippen MR) is 200 cm³/mol. The van der Waals surface area contributed by atoms with Crippen molar-refractivity contribution in [2.75, 3.05) is 26.3 Å². The molecule has 13 heteroatoms. The number of nitrogens with one attached hydrogen (secondary N) is 1. The molecule has 1 aliphatic heterocycles. The van der Waals surface area contributed by atoms with Crippen LogP contribution in [0.4, 0.5) is 4.79 Å². The third kappa shape index (κ3) is 13.3. The first-order valence-electron chi connectivity index (χ1n) is 18.3. The van der Waals surface area contributed by atoms with Crippen molar-refractivity contribution in [2.45, 2.75) is 100 Å². The lowest BCUT2D eigenvalue weighted by atomic mass is 9.81. The average Bonchev–Trinajstić information content (AvgIpc) is 3.18. The minimum Gasteiger partial charge on any atom is -0.459 e. The topological polar surface area (TPSA) is 175 Å². The zero-order chi connectivity index (χ0) is 38.2. The van der Waals surface area contributed by atoms with Crippen molar-refractivity contribution < 1.29 is 41.6 Å². The van der Waals surface area contributed by atoms with E-state index >= 15 is 0 Å². The molecule has 4 N–H and O–H groups in total. The van der Waals surface area contributed by atoms with Gasteiger partial charge in [0.1, 0.15) is 24.3 Å². The second-order valence-corrected chi connectivity index (χ2v) is 15.2. The molecule has 0 unspecified atom stereocenters. The summed E-state index contributed by atoms with van der Waals surface area (Å²) in [6, 6.07) is 25.1. The number of rotatable bonds is 8. The molecule has 3 fully saturated rings. The quantitative estimate of drug-likeness (QED) is 0.180. The number of hydrogen-bond acceptors (Lipinski definition) is 9. The monoisotopic (exact) mass is 751 g/mol. The van der Waals surface area contributed by atoms with E-state index < -0.39 is 21.2 Å². The SMILES string of the molecule is Cc1ccc(S(=O)(=O)O)cc1.NC1(C(=O)OCc2ccccc2)CCCCC1.O=C(NC1(C(=O)OCc2ccccc2)CCCCC1)N1CCOCC1. The molecule has 3 aromatic rings. The van der Waals surface area contributed by atoms with Crippen LogP contribution in [0.1, 0.15) is 80.9 Å². The van der Waals surface area contributed by atoms with Gasteiger partial charge in [-0.2, -0.15) is 8.42 Å². The molecule has 288 valence electrons. The molecule has 1 saturated heterocycles. The number of esters is 2. The fraction of sp³-hybridized carbons (Fsp3) is 0.475. The number of nitrogens with zero attached hydrogens (tertiary/aromatic N) is 1. The third-order valence-corrected chi connectivity index (χ3v) is 10.5. The van der Waals surface area contributed by atoms with E-state index in [0.29, 0.717) is 45.8 Å². The summed E-state index contributed by atoms with van der Waals surface area (Å²) in [6.45, 7) is 4.58. The standard InChI is InChI=1S/C19H26N2O4.C14H19NO2.C7H8O3S/c22-17(25-15-16-7-3-1-4-8-16)19(9-5-2-6-10-19)20-18(23)21-11-13-24-14-12-21;15-14(9-5-2-6-10-14)13(16)17-11-12-7-3-1-4-8-12;1-6-2-4-7(5-3-6)11(8,9)10/h1,3-4,7-8H,2,5-6,9-15H2,(H,20,23);1,3-4,7-8H,2,5-6,9-11,15H2;2-5H,1H3,(H,8,9,10). The summed E-state index contributed by atoms with van der Waals surface area (Å²) in [5.41, 5.74) is 7.35. The molecule has 2 amide bonds. The van der Waals surface area contributed by atoms with Crippen molar-refractivity contribution >= 4 is 28.1 Å². The van der Waals surface area contributed by atoms with Crippen LogP contribution >= 0.6 is 0 Å². The average molecular weight is 752 g/mol. The molecule has 3 aromatic carbocycles. The number of ether oxygens (including phenoxy) is 3. The molecule has 0 aromatic heterocycles. The molecule has 12 nitrogen and oxygen atoms in total. The van der Waals surface area contributed by atoms with E-state index in [4.69, 9.17) is 24.5 Å². The summed E-state index contributed by atoms with van der Waals surface area (Å²) < 4.78 is 45.7. The molecule has 0 spiro atoms. The van der Waals surface area contributed by atoms with Gasteiger partial charge < -0.3 is 30.2 Å². The van der Waals surface area contributed by atoms with Gasteiger partial charge in [0.2, 0.25) is 0 Å². The lowest BCUT2D eigenvalue weighted by Gasteiger charge is -2.38. The fourth-order valence-electron chi connectivity index (χ4n) is 6.41. The van der Waals surface area contributed by atoms with Gasteiger partial charge in [0.05, 0.1) is 18.1 Å². The summed E-state index contributed by atoms with van der Waals surface area (Å²) in [6.07, 6.45) is 8.92. The number of carbonyl (C=O) groups excluding carboxylic acids is 3. The van der Waals surface area contributed by atoms with Crippen molar-refractivity contribution in [3.8, 4) is 0 Å². The van der Waals surface area contributed by atoms with Crippen LogP contribution in [-0.2, 0) is 47.1 Å². The van der Waals surface area contributed by atoms with Crippen molar-refractivity contribution in [3.05, 3.63) is 102 Å². The van der Waals surface area contributed by atoms with Crippen LogP contribution < -0.4 is 11.1 Å². The first kappa shape index (κ1) is 41.5. The molecular formula is C40H53N3O9S. The predicted octanol–water partition coefficient (Wildman–Crippen LogP) is 6.11. The van der Waals surface area contributed by atoms with E-state index in [0.717, 1.165) is 61.6 Å². The minimum atomic E-state index is -4.02. The van der Waals surface area contributed by atoms with Gasteiger partial charge in [-0.05, 0) is 55.9 Å². The second-order valence-electron chi connectivity index (χ2n) is 13.8. The van der Waals surface area contributed by atoms with Gasteiger partial charge in [-0.1, -0.05) is 117 Å². The zero-order valence-corrected chi connectivity index (χ0v) is 31.4. The number of morpholine rings is 1. The van der Waals surface area contributed by atoms with Gasteiger partial charge in [0.25, 0.3) is 10.1 Å².